The van der Waals surface area contributed by atoms with E-state index in [9.17, 15) is 4.79 Å². The van der Waals surface area contributed by atoms with Crippen LogP contribution in [0.3, 0.4) is 0 Å². The second-order valence-corrected chi connectivity index (χ2v) is 5.86. The molecule has 1 aliphatic rings. The van der Waals surface area contributed by atoms with Gasteiger partial charge in [-0.05, 0) is 17.7 Å². The van der Waals surface area contributed by atoms with Crippen molar-refractivity contribution in [1.82, 2.24) is 5.43 Å². The van der Waals surface area contributed by atoms with Crippen molar-refractivity contribution in [3.05, 3.63) is 66.2 Å². The van der Waals surface area contributed by atoms with Crippen LogP contribution in [0.2, 0.25) is 0 Å². The molecule has 0 bridgehead atoms. The first-order valence-corrected chi connectivity index (χ1v) is 7.93. The molecule has 1 N–H and O–H groups in total. The lowest BCUT2D eigenvalue weighted by atomic mass is 10.1. The molecule has 1 heterocycles. The number of nitrogens with one attached hydrogen (secondary N) is 1. The van der Waals surface area contributed by atoms with E-state index in [2.05, 4.69) is 15.5 Å². The van der Waals surface area contributed by atoms with E-state index in [1.54, 1.807) is 0 Å². The summed E-state index contributed by atoms with van der Waals surface area (Å²) < 4.78 is 4.83. The zero-order valence-corrected chi connectivity index (χ0v) is 13.3. The third kappa shape index (κ3) is 3.60. The number of benzene rings is 2. The summed E-state index contributed by atoms with van der Waals surface area (Å²) in [7, 11) is 1.35. The molecule has 2 aromatic carbocycles. The number of methoxy groups -OCH3 is 1. The van der Waals surface area contributed by atoms with Crippen LogP contribution in [0.1, 0.15) is 10.8 Å². The Morgan fingerprint density at radius 3 is 2.43 bits per heavy atom. The standard InChI is InChI=1S/C17H15N3O2S/c1-22-16(21)14-15(12-8-4-2-5-9-12)23-17(20-19-14)18-13-10-6-3-7-11-13/h2-11,15H,1H3,(H,18,20). The van der Waals surface area contributed by atoms with E-state index >= 15 is 0 Å². The summed E-state index contributed by atoms with van der Waals surface area (Å²) >= 11 is 1.44. The number of hydrogen-bond acceptors (Lipinski definition) is 5. The Balaban J connectivity index is 1.94. The molecule has 3 rings (SSSR count). The molecule has 116 valence electrons. The van der Waals surface area contributed by atoms with E-state index < -0.39 is 5.97 Å². The Labute approximate surface area is 138 Å². The molecule has 0 spiro atoms. The highest BCUT2D eigenvalue weighted by atomic mass is 32.2. The highest BCUT2D eigenvalue weighted by Crippen LogP contribution is 2.34. The maximum atomic E-state index is 12.0. The number of amidine groups is 1. The Bertz CT molecular complexity index is 745. The number of nitrogens with zero attached hydrogens (tertiary/aromatic N) is 2. The number of thioether (sulfide) groups is 1. The molecular weight excluding hydrogens is 310 g/mol. The topological polar surface area (TPSA) is 63.0 Å². The number of ether oxygens (including phenoxy) is 1. The van der Waals surface area contributed by atoms with Crippen LogP contribution in [-0.4, -0.2) is 24.0 Å². The first-order valence-electron chi connectivity index (χ1n) is 7.05. The van der Waals surface area contributed by atoms with Crippen molar-refractivity contribution in [3.8, 4) is 0 Å². The molecule has 6 heteroatoms. The number of esters is 1. The number of hydrazone groups is 1. The average Bonchev–Trinajstić information content (AvgIpc) is 2.62. The van der Waals surface area contributed by atoms with Crippen molar-refractivity contribution in [1.29, 1.82) is 0 Å². The van der Waals surface area contributed by atoms with Gasteiger partial charge in [-0.2, -0.15) is 5.10 Å². The van der Waals surface area contributed by atoms with E-state index in [1.165, 1.54) is 18.9 Å². The Morgan fingerprint density at radius 2 is 1.78 bits per heavy atom. The van der Waals surface area contributed by atoms with Crippen LogP contribution in [0.4, 0.5) is 5.69 Å². The van der Waals surface area contributed by atoms with Gasteiger partial charge in [-0.3, -0.25) is 5.43 Å². The molecule has 0 aliphatic carbocycles. The van der Waals surface area contributed by atoms with Gasteiger partial charge in [0.15, 0.2) is 10.9 Å². The van der Waals surface area contributed by atoms with Crippen LogP contribution in [0.15, 0.2) is 70.8 Å². The Hall–Kier alpha value is -2.60. The number of rotatable bonds is 3. The van der Waals surface area contributed by atoms with Crippen molar-refractivity contribution in [2.45, 2.75) is 5.25 Å². The molecule has 23 heavy (non-hydrogen) atoms. The fourth-order valence-electron chi connectivity index (χ4n) is 2.14. The summed E-state index contributed by atoms with van der Waals surface area (Å²) in [6, 6.07) is 19.3. The van der Waals surface area contributed by atoms with Crippen LogP contribution in [0.25, 0.3) is 0 Å². The minimum absolute atomic E-state index is 0.257. The summed E-state index contributed by atoms with van der Waals surface area (Å²) in [5.74, 6) is -0.447. The number of aliphatic imine (C=N–C) groups is 1. The normalized spacial score (nSPS) is 18.9. The third-order valence-corrected chi connectivity index (χ3v) is 4.37. The van der Waals surface area contributed by atoms with Crippen LogP contribution in [0.5, 0.6) is 0 Å². The number of hydrogen-bond donors (Lipinski definition) is 1. The summed E-state index contributed by atoms with van der Waals surface area (Å²) in [5, 5.41) is 4.56. The lowest BCUT2D eigenvalue weighted by molar-refractivity contribution is -0.132. The zero-order chi connectivity index (χ0) is 16.1. The Kier molecular flexibility index (Phi) is 4.73. The second-order valence-electron chi connectivity index (χ2n) is 4.76. The van der Waals surface area contributed by atoms with Gasteiger partial charge in [-0.15, -0.1) is 0 Å². The summed E-state index contributed by atoms with van der Waals surface area (Å²) in [6.45, 7) is 0. The van der Waals surface area contributed by atoms with Gasteiger partial charge in [0.05, 0.1) is 18.0 Å². The van der Waals surface area contributed by atoms with Gasteiger partial charge in [0, 0.05) is 0 Å². The fraction of sp³-hybridized carbons (Fsp3) is 0.118. The molecule has 0 saturated heterocycles. The van der Waals surface area contributed by atoms with E-state index in [4.69, 9.17) is 4.74 Å². The first kappa shape index (κ1) is 15.3. The van der Waals surface area contributed by atoms with Gasteiger partial charge in [0.1, 0.15) is 0 Å². The predicted molar refractivity (Wildman–Crippen MR) is 92.9 cm³/mol. The van der Waals surface area contributed by atoms with Crippen molar-refractivity contribution >= 4 is 34.3 Å². The van der Waals surface area contributed by atoms with E-state index in [0.717, 1.165) is 11.3 Å². The highest BCUT2D eigenvalue weighted by Gasteiger charge is 2.31. The number of carbonyl (C=O) groups is 1. The SMILES string of the molecule is COC(=O)C1=NNC(=Nc2ccccc2)SC1c1ccccc1. The van der Waals surface area contributed by atoms with Gasteiger partial charge in [0.25, 0.3) is 0 Å². The van der Waals surface area contributed by atoms with E-state index in [1.807, 2.05) is 60.7 Å². The molecule has 0 saturated carbocycles. The monoisotopic (exact) mass is 325 g/mol. The molecule has 0 fully saturated rings. The van der Waals surface area contributed by atoms with Crippen LogP contribution < -0.4 is 5.43 Å². The predicted octanol–water partition coefficient (Wildman–Crippen LogP) is 3.28. The molecule has 0 amide bonds. The van der Waals surface area contributed by atoms with Crippen molar-refractivity contribution < 1.29 is 9.53 Å². The van der Waals surface area contributed by atoms with E-state index in [-0.39, 0.29) is 5.25 Å². The molecule has 0 aromatic heterocycles. The first-order chi connectivity index (χ1) is 11.3. The van der Waals surface area contributed by atoms with Gasteiger partial charge in [0.2, 0.25) is 0 Å². The average molecular weight is 325 g/mol. The summed E-state index contributed by atoms with van der Waals surface area (Å²) in [5.41, 5.74) is 4.96. The van der Waals surface area contributed by atoms with Gasteiger partial charge >= 0.3 is 5.97 Å². The van der Waals surface area contributed by atoms with Crippen molar-refractivity contribution in [3.63, 3.8) is 0 Å². The van der Waals surface area contributed by atoms with Gasteiger partial charge < -0.3 is 4.74 Å². The number of carbonyl (C=O) groups excluding carboxylic acids is 1. The zero-order valence-electron chi connectivity index (χ0n) is 12.5. The lowest BCUT2D eigenvalue weighted by Crippen LogP contribution is -2.32. The van der Waals surface area contributed by atoms with E-state index in [0.29, 0.717) is 10.9 Å². The van der Waals surface area contributed by atoms with Crippen molar-refractivity contribution in [2.75, 3.05) is 7.11 Å². The maximum Gasteiger partial charge on any atom is 0.355 e. The van der Waals surface area contributed by atoms with Gasteiger partial charge in [-0.1, -0.05) is 60.3 Å². The van der Waals surface area contributed by atoms with Crippen LogP contribution in [-0.2, 0) is 9.53 Å². The van der Waals surface area contributed by atoms with Gasteiger partial charge in [-0.25, -0.2) is 9.79 Å². The molecule has 2 aromatic rings. The molecule has 5 nitrogen and oxygen atoms in total. The molecule has 1 aliphatic heterocycles. The van der Waals surface area contributed by atoms with Crippen LogP contribution >= 0.6 is 11.8 Å². The molecule has 1 unspecified atom stereocenters. The third-order valence-electron chi connectivity index (χ3n) is 3.23. The fourth-order valence-corrected chi connectivity index (χ4v) is 3.18. The second kappa shape index (κ2) is 7.11. The van der Waals surface area contributed by atoms with Crippen molar-refractivity contribution in [2.24, 2.45) is 10.1 Å². The maximum absolute atomic E-state index is 12.0. The summed E-state index contributed by atoms with van der Waals surface area (Å²) in [6.07, 6.45) is 0. The smallest absolute Gasteiger partial charge is 0.355 e. The minimum atomic E-state index is -0.447. The Morgan fingerprint density at radius 1 is 1.13 bits per heavy atom. The molecular formula is C17H15N3O2S. The number of para-hydroxylation sites is 1. The largest absolute Gasteiger partial charge is 0.464 e. The summed E-state index contributed by atoms with van der Waals surface area (Å²) in [4.78, 5) is 16.5. The quantitative estimate of drug-likeness (QED) is 0.880. The minimum Gasteiger partial charge on any atom is -0.464 e. The highest BCUT2D eigenvalue weighted by molar-refractivity contribution is 8.14. The molecule has 0 radical (unpaired) electrons. The molecule has 1 atom stereocenters. The van der Waals surface area contributed by atoms with Crippen LogP contribution in [0, 0.1) is 0 Å². The lowest BCUT2D eigenvalue weighted by Gasteiger charge is -2.22.